The second kappa shape index (κ2) is 7.34. The molecule has 1 aromatic heterocycles. The Kier molecular flexibility index (Phi) is 5.05. The fraction of sp³-hybridized carbons (Fsp3) is 0.316. The van der Waals surface area contributed by atoms with Crippen molar-refractivity contribution in [2.45, 2.75) is 30.0 Å². The smallest absolute Gasteiger partial charge is 0.293 e. The molecule has 2 heterocycles. The van der Waals surface area contributed by atoms with Gasteiger partial charge < -0.3 is 4.98 Å². The summed E-state index contributed by atoms with van der Waals surface area (Å²) in [5, 5.41) is -0.232. The molecule has 0 atom stereocenters. The number of halogens is 2. The molecule has 4 rings (SSSR count). The second-order valence-corrected chi connectivity index (χ2v) is 9.26. The lowest BCUT2D eigenvalue weighted by atomic mass is 9.93. The Balaban J connectivity index is 1.45. The maximum absolute atomic E-state index is 12.7. The first-order chi connectivity index (χ1) is 12.9. The number of imide groups is 1. The van der Waals surface area contributed by atoms with Crippen LogP contribution in [0.2, 0.25) is 0 Å². The lowest BCUT2D eigenvalue weighted by Gasteiger charge is -2.26. The molecule has 2 amide bonds. The fourth-order valence-corrected chi connectivity index (χ4v) is 4.63. The molecule has 1 N–H and O–H groups in total. The number of imidazole rings is 1. The van der Waals surface area contributed by atoms with E-state index in [0.29, 0.717) is 30.6 Å². The van der Waals surface area contributed by atoms with Crippen molar-refractivity contribution in [3.05, 3.63) is 46.6 Å². The van der Waals surface area contributed by atoms with Gasteiger partial charge in [0.2, 0.25) is 0 Å². The molecule has 1 aliphatic heterocycles. The average Bonchev–Trinajstić information content (AvgIpc) is 3.21. The minimum Gasteiger partial charge on any atom is -0.345 e. The Morgan fingerprint density at radius 1 is 1.26 bits per heavy atom. The van der Waals surface area contributed by atoms with E-state index < -0.39 is 4.33 Å². The number of amides is 2. The van der Waals surface area contributed by atoms with E-state index in [9.17, 15) is 9.59 Å². The van der Waals surface area contributed by atoms with Crippen LogP contribution in [0.3, 0.4) is 0 Å². The third kappa shape index (κ3) is 3.93. The van der Waals surface area contributed by atoms with Crippen LogP contribution in [0.5, 0.6) is 0 Å². The summed E-state index contributed by atoms with van der Waals surface area (Å²) in [4.78, 5) is 34.0. The van der Waals surface area contributed by atoms with Gasteiger partial charge in [0.15, 0.2) is 0 Å². The summed E-state index contributed by atoms with van der Waals surface area (Å²) in [5.41, 5.74) is 3.81. The molecule has 8 heteroatoms. The predicted octanol–water partition coefficient (Wildman–Crippen LogP) is 5.27. The molecule has 2 aliphatic rings. The normalized spacial score (nSPS) is 20.4. The monoisotopic (exact) mass is 421 g/mol. The zero-order valence-electron chi connectivity index (χ0n) is 14.4. The molecule has 0 spiro atoms. The number of hydrogen-bond acceptors (Lipinski definition) is 4. The van der Waals surface area contributed by atoms with Gasteiger partial charge in [0, 0.05) is 6.54 Å². The summed E-state index contributed by atoms with van der Waals surface area (Å²) in [6.45, 7) is 0.247. The van der Waals surface area contributed by atoms with Gasteiger partial charge in [-0.2, -0.15) is 0 Å². The molecule has 140 valence electrons. The maximum atomic E-state index is 12.7. The summed E-state index contributed by atoms with van der Waals surface area (Å²) in [7, 11) is 0. The summed E-state index contributed by atoms with van der Waals surface area (Å²) in [6, 6.07) is 5.84. The second-order valence-electron chi connectivity index (χ2n) is 6.65. The van der Waals surface area contributed by atoms with Crippen LogP contribution in [-0.2, 0) is 4.79 Å². The van der Waals surface area contributed by atoms with Crippen LogP contribution in [-0.4, -0.2) is 36.9 Å². The van der Waals surface area contributed by atoms with Gasteiger partial charge in [-0.25, -0.2) is 4.98 Å². The van der Waals surface area contributed by atoms with Crippen LogP contribution in [0.15, 0.2) is 41.1 Å². The molecule has 1 saturated carbocycles. The van der Waals surface area contributed by atoms with Crippen molar-refractivity contribution in [1.82, 2.24) is 14.9 Å². The number of aromatic nitrogens is 2. The molecule has 0 unspecified atom stereocenters. The fourth-order valence-electron chi connectivity index (χ4n) is 3.27. The first-order valence-corrected chi connectivity index (χ1v) is 10.2. The molecular weight excluding hydrogens is 405 g/mol. The summed E-state index contributed by atoms with van der Waals surface area (Å²) < 4.78 is -0.724. The molecule has 1 aromatic carbocycles. The van der Waals surface area contributed by atoms with Crippen molar-refractivity contribution in [1.29, 1.82) is 0 Å². The number of nitrogens with one attached hydrogen (secondary N) is 1. The van der Waals surface area contributed by atoms with Crippen LogP contribution >= 0.6 is 35.0 Å². The lowest BCUT2D eigenvalue weighted by molar-refractivity contribution is -0.122. The van der Waals surface area contributed by atoms with Crippen LogP contribution < -0.4 is 0 Å². The van der Waals surface area contributed by atoms with Crippen molar-refractivity contribution in [3.63, 3.8) is 0 Å². The van der Waals surface area contributed by atoms with Gasteiger partial charge in [-0.05, 0) is 55.1 Å². The molecule has 2 fully saturated rings. The third-order valence-corrected chi connectivity index (χ3v) is 6.62. The molecule has 1 saturated heterocycles. The van der Waals surface area contributed by atoms with Crippen molar-refractivity contribution in [2.24, 2.45) is 0 Å². The SMILES string of the molecule is O=C1SC(=C2CCC(Cl)(Cl)CC2)C(=O)N1CC=Cc1ccc2nc[nH]c2c1. The number of alkyl halides is 2. The largest absolute Gasteiger partial charge is 0.345 e. The highest BCUT2D eigenvalue weighted by molar-refractivity contribution is 8.18. The molecule has 0 bridgehead atoms. The Labute approximate surface area is 170 Å². The zero-order chi connectivity index (χ0) is 19.0. The molecule has 1 aliphatic carbocycles. The predicted molar refractivity (Wildman–Crippen MR) is 110 cm³/mol. The number of hydrogen-bond donors (Lipinski definition) is 1. The van der Waals surface area contributed by atoms with Gasteiger partial charge in [-0.3, -0.25) is 14.5 Å². The highest BCUT2D eigenvalue weighted by atomic mass is 35.5. The Hall–Kier alpha value is -1.76. The summed E-state index contributed by atoms with van der Waals surface area (Å²) in [5.74, 6) is -0.217. The highest BCUT2D eigenvalue weighted by Crippen LogP contribution is 2.44. The van der Waals surface area contributed by atoms with E-state index in [1.54, 1.807) is 6.33 Å². The Bertz CT molecular complexity index is 968. The van der Waals surface area contributed by atoms with Gasteiger partial charge in [0.25, 0.3) is 11.1 Å². The van der Waals surface area contributed by atoms with Crippen molar-refractivity contribution < 1.29 is 9.59 Å². The van der Waals surface area contributed by atoms with Crippen molar-refractivity contribution in [3.8, 4) is 0 Å². The minimum atomic E-state index is -0.724. The van der Waals surface area contributed by atoms with E-state index in [-0.39, 0.29) is 17.7 Å². The van der Waals surface area contributed by atoms with Crippen LogP contribution in [0.4, 0.5) is 4.79 Å². The lowest BCUT2D eigenvalue weighted by Crippen LogP contribution is -2.28. The van der Waals surface area contributed by atoms with Crippen molar-refractivity contribution in [2.75, 3.05) is 6.54 Å². The Morgan fingerprint density at radius 3 is 2.81 bits per heavy atom. The minimum absolute atomic E-state index is 0.217. The van der Waals surface area contributed by atoms with Gasteiger partial charge in [0.05, 0.1) is 22.3 Å². The third-order valence-electron chi connectivity index (χ3n) is 4.80. The number of carbonyl (C=O) groups is 2. The standard InChI is InChI=1S/C19H17Cl2N3O2S/c20-19(21)7-5-13(6-8-19)16-17(25)24(18(26)27-16)9-1-2-12-3-4-14-15(10-12)23-11-22-14/h1-4,10-11H,5-9H2,(H,22,23). The Morgan fingerprint density at radius 2 is 2.04 bits per heavy atom. The summed E-state index contributed by atoms with van der Waals surface area (Å²) in [6.07, 6.45) is 7.89. The van der Waals surface area contributed by atoms with Crippen LogP contribution in [0.25, 0.3) is 17.1 Å². The zero-order valence-corrected chi connectivity index (χ0v) is 16.7. The number of aromatic amines is 1. The highest BCUT2D eigenvalue weighted by Gasteiger charge is 2.38. The van der Waals surface area contributed by atoms with Gasteiger partial charge in [0.1, 0.15) is 4.33 Å². The molecule has 5 nitrogen and oxygen atoms in total. The average molecular weight is 422 g/mol. The number of allylic oxidation sites excluding steroid dienone is 1. The van der Waals surface area contributed by atoms with E-state index in [2.05, 4.69) is 9.97 Å². The van der Waals surface area contributed by atoms with E-state index in [0.717, 1.165) is 33.9 Å². The van der Waals surface area contributed by atoms with E-state index >= 15 is 0 Å². The van der Waals surface area contributed by atoms with E-state index in [1.807, 2.05) is 30.4 Å². The van der Waals surface area contributed by atoms with Gasteiger partial charge >= 0.3 is 0 Å². The molecule has 27 heavy (non-hydrogen) atoms. The number of fused-ring (bicyclic) bond motifs is 1. The van der Waals surface area contributed by atoms with E-state index in [1.165, 1.54) is 4.90 Å². The molecular formula is C19H17Cl2N3O2S. The topological polar surface area (TPSA) is 66.1 Å². The van der Waals surface area contributed by atoms with Gasteiger partial charge in [-0.15, -0.1) is 23.2 Å². The quantitative estimate of drug-likeness (QED) is 0.540. The number of H-pyrrole nitrogens is 1. The van der Waals surface area contributed by atoms with Crippen molar-refractivity contribution >= 4 is 63.2 Å². The number of nitrogens with zero attached hydrogens (tertiary/aromatic N) is 2. The van der Waals surface area contributed by atoms with Crippen LogP contribution in [0.1, 0.15) is 31.2 Å². The molecule has 0 radical (unpaired) electrons. The summed E-state index contributed by atoms with van der Waals surface area (Å²) >= 11 is 13.3. The number of rotatable bonds is 3. The maximum Gasteiger partial charge on any atom is 0.293 e. The number of benzene rings is 1. The van der Waals surface area contributed by atoms with E-state index in [4.69, 9.17) is 23.2 Å². The first kappa shape index (κ1) is 18.6. The van der Waals surface area contributed by atoms with Gasteiger partial charge in [-0.1, -0.05) is 23.8 Å². The number of thioether (sulfide) groups is 1. The number of carbonyl (C=O) groups excluding carboxylic acids is 2. The molecule has 2 aromatic rings. The first-order valence-electron chi connectivity index (χ1n) is 8.66. The van der Waals surface area contributed by atoms with Crippen LogP contribution in [0, 0.1) is 0 Å².